The number of primary amides is 1. The molecule has 4 atom stereocenters. The first kappa shape index (κ1) is 16.2. The van der Waals surface area contributed by atoms with Crippen molar-refractivity contribution in [3.63, 3.8) is 0 Å². The predicted octanol–water partition coefficient (Wildman–Crippen LogP) is 1.05. The van der Waals surface area contributed by atoms with Crippen LogP contribution in [0.3, 0.4) is 0 Å². The minimum atomic E-state index is -1.90. The molecule has 0 saturated carbocycles. The number of aliphatic hydroxyl groups is 1. The molecule has 2 aromatic rings. The average molecular weight is 341 g/mol. The van der Waals surface area contributed by atoms with Crippen molar-refractivity contribution in [1.29, 1.82) is 5.26 Å². The van der Waals surface area contributed by atoms with Gasteiger partial charge in [-0.05, 0) is 22.4 Å². The molecule has 1 aliphatic rings. The molecule has 0 radical (unpaired) electrons. The van der Waals surface area contributed by atoms with Crippen molar-refractivity contribution in [2.45, 2.75) is 11.6 Å². The molecule has 4 N–H and O–H groups in total. The lowest BCUT2D eigenvalue weighted by atomic mass is 9.68. The van der Waals surface area contributed by atoms with Crippen molar-refractivity contribution >= 4 is 23.2 Å². The Bertz CT molecular complexity index is 800. The molecule has 4 unspecified atom stereocenters. The van der Waals surface area contributed by atoms with Crippen molar-refractivity contribution in [3.05, 3.63) is 58.3 Å². The molecule has 0 spiro atoms. The van der Waals surface area contributed by atoms with Gasteiger partial charge in [0.1, 0.15) is 11.8 Å². The van der Waals surface area contributed by atoms with E-state index in [1.165, 1.54) is 11.3 Å². The van der Waals surface area contributed by atoms with E-state index in [-0.39, 0.29) is 0 Å². The third-order valence-corrected chi connectivity index (χ3v) is 5.05. The molecule has 1 aromatic heterocycles. The number of nitrogens with one attached hydrogen (secondary N) is 1. The Hall–Kier alpha value is -2.69. The Labute approximate surface area is 142 Å². The topological polar surface area (TPSA) is 116 Å². The highest BCUT2D eigenvalue weighted by Crippen LogP contribution is 2.45. The van der Waals surface area contributed by atoms with Crippen LogP contribution in [-0.4, -0.2) is 16.9 Å². The van der Waals surface area contributed by atoms with E-state index in [1.807, 2.05) is 0 Å². The Morgan fingerprint density at radius 1 is 1.33 bits per heavy atom. The van der Waals surface area contributed by atoms with Crippen LogP contribution >= 0.6 is 11.3 Å². The molecular formula is C17H15N3O3S. The summed E-state index contributed by atoms with van der Waals surface area (Å²) >= 11 is 1.38. The molecule has 0 bridgehead atoms. The van der Waals surface area contributed by atoms with Crippen LogP contribution in [0.25, 0.3) is 0 Å². The van der Waals surface area contributed by atoms with Crippen LogP contribution in [-0.2, 0) is 15.3 Å². The van der Waals surface area contributed by atoms with Crippen LogP contribution in [0.5, 0.6) is 0 Å². The van der Waals surface area contributed by atoms with Gasteiger partial charge in [0, 0.05) is 11.5 Å². The molecule has 7 heteroatoms. The van der Waals surface area contributed by atoms with Crippen molar-refractivity contribution in [3.8, 4) is 6.07 Å². The van der Waals surface area contributed by atoms with Gasteiger partial charge >= 0.3 is 0 Å². The number of nitriles is 1. The van der Waals surface area contributed by atoms with E-state index in [1.54, 1.807) is 47.2 Å². The first-order valence-corrected chi connectivity index (χ1v) is 8.24. The summed E-state index contributed by atoms with van der Waals surface area (Å²) in [4.78, 5) is 24.4. The molecule has 1 fully saturated rings. The monoisotopic (exact) mass is 341 g/mol. The zero-order valence-electron chi connectivity index (χ0n) is 12.5. The molecular weight excluding hydrogens is 326 g/mol. The van der Waals surface area contributed by atoms with Gasteiger partial charge in [0.15, 0.2) is 5.72 Å². The fourth-order valence-corrected chi connectivity index (χ4v) is 3.94. The van der Waals surface area contributed by atoms with E-state index in [9.17, 15) is 20.0 Å². The van der Waals surface area contributed by atoms with E-state index < -0.39 is 35.3 Å². The van der Waals surface area contributed by atoms with Gasteiger partial charge in [-0.3, -0.25) is 9.59 Å². The summed E-state index contributed by atoms with van der Waals surface area (Å²) in [7, 11) is 0. The maximum atomic E-state index is 12.5. The Morgan fingerprint density at radius 2 is 2.04 bits per heavy atom. The number of hydrogen-bond donors (Lipinski definition) is 3. The van der Waals surface area contributed by atoms with Gasteiger partial charge in [-0.2, -0.15) is 16.6 Å². The summed E-state index contributed by atoms with van der Waals surface area (Å²) in [5.74, 6) is -4.61. The lowest BCUT2D eigenvalue weighted by Crippen LogP contribution is -2.62. The van der Waals surface area contributed by atoms with Crippen LogP contribution in [0.1, 0.15) is 17.0 Å². The minimum Gasteiger partial charge on any atom is -0.369 e. The zero-order chi connectivity index (χ0) is 17.3. The Kier molecular flexibility index (Phi) is 4.09. The lowest BCUT2D eigenvalue weighted by molar-refractivity contribution is -0.153. The zero-order valence-corrected chi connectivity index (χ0v) is 13.4. The second-order valence-corrected chi connectivity index (χ2v) is 6.47. The molecule has 24 heavy (non-hydrogen) atoms. The van der Waals surface area contributed by atoms with Crippen LogP contribution in [0.2, 0.25) is 0 Å². The van der Waals surface area contributed by atoms with Crippen molar-refractivity contribution in [1.82, 2.24) is 5.32 Å². The molecule has 122 valence electrons. The number of hydrogen-bond acceptors (Lipinski definition) is 5. The van der Waals surface area contributed by atoms with Crippen molar-refractivity contribution in [2.75, 3.05) is 0 Å². The fourth-order valence-electron chi connectivity index (χ4n) is 3.23. The summed E-state index contributed by atoms with van der Waals surface area (Å²) in [5.41, 5.74) is 4.53. The molecule has 0 aliphatic carbocycles. The summed E-state index contributed by atoms with van der Waals surface area (Å²) < 4.78 is 0. The maximum Gasteiger partial charge on any atom is 0.235 e. The molecule has 1 aromatic carbocycles. The van der Waals surface area contributed by atoms with Crippen LogP contribution < -0.4 is 11.1 Å². The summed E-state index contributed by atoms with van der Waals surface area (Å²) in [6.45, 7) is 0. The first-order chi connectivity index (χ1) is 11.5. The quantitative estimate of drug-likeness (QED) is 0.723. The van der Waals surface area contributed by atoms with Gasteiger partial charge in [-0.15, -0.1) is 0 Å². The van der Waals surface area contributed by atoms with Crippen molar-refractivity contribution < 1.29 is 14.7 Å². The SMILES string of the molecule is N#CC1C(c2ccsc2)C(C(N)=O)C(=O)NC1(O)c1ccccc1. The number of thiophene rings is 1. The smallest absolute Gasteiger partial charge is 0.235 e. The molecule has 1 saturated heterocycles. The third kappa shape index (κ3) is 2.46. The standard InChI is InChI=1S/C17H15N3O3S/c18-8-12-13(10-6-7-24-9-10)14(15(19)21)16(22)20-17(12,23)11-4-2-1-3-5-11/h1-7,9,12-14,23H,(H2,19,21)(H,20,22). The number of carbonyl (C=O) groups excluding carboxylic acids is 2. The summed E-state index contributed by atoms with van der Waals surface area (Å²) in [6, 6.07) is 12.2. The van der Waals surface area contributed by atoms with Gasteiger partial charge in [0.05, 0.1) is 6.07 Å². The Balaban J connectivity index is 2.17. The van der Waals surface area contributed by atoms with E-state index in [0.29, 0.717) is 11.1 Å². The van der Waals surface area contributed by atoms with Crippen LogP contribution in [0.15, 0.2) is 47.2 Å². The molecule has 6 nitrogen and oxygen atoms in total. The van der Waals surface area contributed by atoms with Gasteiger partial charge in [0.25, 0.3) is 0 Å². The molecule has 2 heterocycles. The van der Waals surface area contributed by atoms with Gasteiger partial charge in [-0.1, -0.05) is 30.3 Å². The highest BCUT2D eigenvalue weighted by Gasteiger charge is 2.55. The first-order valence-electron chi connectivity index (χ1n) is 7.30. The highest BCUT2D eigenvalue weighted by atomic mass is 32.1. The number of piperidine rings is 1. The van der Waals surface area contributed by atoms with E-state index in [2.05, 4.69) is 11.4 Å². The Morgan fingerprint density at radius 3 is 2.58 bits per heavy atom. The van der Waals surface area contributed by atoms with E-state index in [0.717, 1.165) is 0 Å². The number of amides is 2. The number of nitrogens with zero attached hydrogens (tertiary/aromatic N) is 1. The molecule has 3 rings (SSSR count). The van der Waals surface area contributed by atoms with Crippen LogP contribution in [0.4, 0.5) is 0 Å². The normalized spacial score (nSPS) is 29.5. The lowest BCUT2D eigenvalue weighted by Gasteiger charge is -2.44. The fraction of sp³-hybridized carbons (Fsp3) is 0.235. The van der Waals surface area contributed by atoms with E-state index in [4.69, 9.17) is 5.73 Å². The largest absolute Gasteiger partial charge is 0.369 e. The number of benzene rings is 1. The summed E-state index contributed by atoms with van der Waals surface area (Å²) in [5, 5.41) is 26.8. The van der Waals surface area contributed by atoms with Gasteiger partial charge in [0.2, 0.25) is 11.8 Å². The second-order valence-electron chi connectivity index (χ2n) is 5.69. The van der Waals surface area contributed by atoms with Gasteiger partial charge in [-0.25, -0.2) is 0 Å². The summed E-state index contributed by atoms with van der Waals surface area (Å²) in [6.07, 6.45) is 0. The second kappa shape index (κ2) is 6.07. The average Bonchev–Trinajstić information content (AvgIpc) is 3.08. The van der Waals surface area contributed by atoms with Crippen molar-refractivity contribution in [2.24, 2.45) is 17.6 Å². The molecule has 2 amide bonds. The number of rotatable bonds is 3. The van der Waals surface area contributed by atoms with E-state index >= 15 is 0 Å². The van der Waals surface area contributed by atoms with Crippen LogP contribution in [0, 0.1) is 23.2 Å². The molecule has 1 aliphatic heterocycles. The minimum absolute atomic E-state index is 0.382. The predicted molar refractivity (Wildman–Crippen MR) is 87.3 cm³/mol. The third-order valence-electron chi connectivity index (χ3n) is 4.35. The number of nitrogens with two attached hydrogens (primary N) is 1. The number of carbonyl (C=O) groups is 2. The van der Waals surface area contributed by atoms with Gasteiger partial charge < -0.3 is 16.2 Å². The highest BCUT2D eigenvalue weighted by molar-refractivity contribution is 7.08. The maximum absolute atomic E-state index is 12.5.